The second kappa shape index (κ2) is 9.00. The first-order chi connectivity index (χ1) is 15.8. The summed E-state index contributed by atoms with van der Waals surface area (Å²) in [7, 11) is 0. The number of nitrogens with one attached hydrogen (secondary N) is 4. The van der Waals surface area contributed by atoms with E-state index in [1.165, 1.54) is 12.3 Å². The minimum Gasteiger partial charge on any atom is -0.347 e. The molecule has 168 valence electrons. The zero-order valence-electron chi connectivity index (χ0n) is 16.3. The van der Waals surface area contributed by atoms with Crippen molar-refractivity contribution < 1.29 is 22.9 Å². The Labute approximate surface area is 187 Å². The molecule has 11 nitrogen and oxygen atoms in total. The Hall–Kier alpha value is -4.39. The summed E-state index contributed by atoms with van der Waals surface area (Å²) in [4.78, 5) is 42.1. The maximum Gasteiger partial charge on any atom is 0.439 e. The van der Waals surface area contributed by atoms with Crippen molar-refractivity contribution in [2.45, 2.75) is 6.54 Å². The summed E-state index contributed by atoms with van der Waals surface area (Å²) in [6.45, 7) is 0.0927. The molecule has 0 saturated carbocycles. The number of hydrogen-bond donors (Lipinski definition) is 4. The summed E-state index contributed by atoms with van der Waals surface area (Å²) in [6.07, 6.45) is 1.47. The molecule has 4 aromatic rings. The van der Waals surface area contributed by atoms with Crippen LogP contribution in [-0.2, 0) is 6.54 Å². The lowest BCUT2D eigenvalue weighted by Gasteiger charge is -2.05. The van der Waals surface area contributed by atoms with E-state index in [0.717, 1.165) is 0 Å². The van der Waals surface area contributed by atoms with Crippen molar-refractivity contribution >= 4 is 29.2 Å². The minimum atomic E-state index is -1.23. The number of hydrogen-bond acceptors (Lipinski definition) is 7. The molecule has 0 bridgehead atoms. The van der Waals surface area contributed by atoms with Crippen LogP contribution in [0.3, 0.4) is 0 Å². The lowest BCUT2D eigenvalue weighted by molar-refractivity contribution is 0.0945. The number of pyridine rings is 1. The van der Waals surface area contributed by atoms with Gasteiger partial charge in [-0.1, -0.05) is 16.8 Å². The maximum absolute atomic E-state index is 13.4. The Kier molecular flexibility index (Phi) is 5.95. The number of halogens is 3. The Morgan fingerprint density at radius 1 is 1.12 bits per heavy atom. The Bertz CT molecular complexity index is 1420. The highest BCUT2D eigenvalue weighted by molar-refractivity contribution is 6.34. The molecule has 4 rings (SSSR count). The van der Waals surface area contributed by atoms with E-state index in [1.54, 1.807) is 12.1 Å². The molecular formula is C19H12ClF2N7O4. The Morgan fingerprint density at radius 2 is 1.91 bits per heavy atom. The van der Waals surface area contributed by atoms with Crippen LogP contribution in [0.5, 0.6) is 0 Å². The first-order valence-corrected chi connectivity index (χ1v) is 9.49. The Morgan fingerprint density at radius 3 is 2.67 bits per heavy atom. The fourth-order valence-electron chi connectivity index (χ4n) is 2.72. The maximum atomic E-state index is 13.4. The van der Waals surface area contributed by atoms with Gasteiger partial charge in [-0.15, -0.1) is 0 Å². The highest BCUT2D eigenvalue weighted by atomic mass is 35.5. The van der Waals surface area contributed by atoms with Gasteiger partial charge in [0.2, 0.25) is 5.82 Å². The first kappa shape index (κ1) is 21.8. The number of aromatic amines is 2. The second-order valence-corrected chi connectivity index (χ2v) is 6.95. The fourth-order valence-corrected chi connectivity index (χ4v) is 2.95. The third kappa shape index (κ3) is 4.93. The van der Waals surface area contributed by atoms with Gasteiger partial charge in [0, 0.05) is 18.8 Å². The van der Waals surface area contributed by atoms with Crippen molar-refractivity contribution in [1.29, 1.82) is 0 Å². The van der Waals surface area contributed by atoms with E-state index in [2.05, 4.69) is 40.5 Å². The van der Waals surface area contributed by atoms with E-state index in [-0.39, 0.29) is 34.5 Å². The molecule has 1 aromatic carbocycles. The van der Waals surface area contributed by atoms with Gasteiger partial charge in [0.1, 0.15) is 11.5 Å². The van der Waals surface area contributed by atoms with Gasteiger partial charge in [-0.3, -0.25) is 29.2 Å². The number of H-pyrrole nitrogens is 2. The van der Waals surface area contributed by atoms with Crippen LogP contribution in [0.2, 0.25) is 5.02 Å². The SMILES string of the molecule is O=C(NCc1ccnc(-c2noc(=O)[nH]2)c1)c1cc(NC(=O)c2cc(F)c(F)cc2Cl)[nH]n1. The second-order valence-electron chi connectivity index (χ2n) is 6.54. The molecule has 0 saturated heterocycles. The molecule has 4 N–H and O–H groups in total. The van der Waals surface area contributed by atoms with Gasteiger partial charge in [0.15, 0.2) is 17.3 Å². The number of aromatic nitrogens is 5. The minimum absolute atomic E-state index is 0.0344. The third-order valence-electron chi connectivity index (χ3n) is 4.27. The highest BCUT2D eigenvalue weighted by Crippen LogP contribution is 2.21. The lowest BCUT2D eigenvalue weighted by atomic mass is 10.2. The molecule has 2 amide bonds. The van der Waals surface area contributed by atoms with Crippen LogP contribution in [0.4, 0.5) is 14.6 Å². The topological polar surface area (TPSA) is 159 Å². The summed E-state index contributed by atoms with van der Waals surface area (Å²) in [5.74, 6) is -4.36. The summed E-state index contributed by atoms with van der Waals surface area (Å²) in [5.41, 5.74) is 0.650. The zero-order chi connectivity index (χ0) is 23.5. The lowest BCUT2D eigenvalue weighted by Crippen LogP contribution is -2.23. The highest BCUT2D eigenvalue weighted by Gasteiger charge is 2.17. The zero-order valence-corrected chi connectivity index (χ0v) is 17.0. The van der Waals surface area contributed by atoms with Gasteiger partial charge in [-0.05, 0) is 29.8 Å². The van der Waals surface area contributed by atoms with Crippen molar-refractivity contribution in [2.75, 3.05) is 5.32 Å². The van der Waals surface area contributed by atoms with Crippen LogP contribution < -0.4 is 16.4 Å². The van der Waals surface area contributed by atoms with Gasteiger partial charge < -0.3 is 10.6 Å². The van der Waals surface area contributed by atoms with E-state index < -0.39 is 29.2 Å². The molecule has 0 radical (unpaired) electrons. The van der Waals surface area contributed by atoms with Crippen molar-refractivity contribution in [2.24, 2.45) is 0 Å². The fraction of sp³-hybridized carbons (Fsp3) is 0.0526. The summed E-state index contributed by atoms with van der Waals surface area (Å²) in [5, 5.41) is 14.5. The van der Waals surface area contributed by atoms with Gasteiger partial charge in [0.05, 0.1) is 10.6 Å². The molecule has 0 aliphatic carbocycles. The average Bonchev–Trinajstić information content (AvgIpc) is 3.44. The van der Waals surface area contributed by atoms with Crippen LogP contribution >= 0.6 is 11.6 Å². The molecule has 0 aliphatic heterocycles. The molecule has 0 aliphatic rings. The molecule has 0 spiro atoms. The van der Waals surface area contributed by atoms with E-state index in [1.807, 2.05) is 0 Å². The number of anilines is 1. The van der Waals surface area contributed by atoms with Crippen molar-refractivity contribution in [3.05, 3.63) is 80.6 Å². The average molecular weight is 476 g/mol. The molecule has 0 atom stereocenters. The third-order valence-corrected chi connectivity index (χ3v) is 4.59. The molecule has 0 unspecified atom stereocenters. The number of rotatable bonds is 6. The van der Waals surface area contributed by atoms with Crippen molar-refractivity contribution in [3.8, 4) is 11.5 Å². The molecule has 33 heavy (non-hydrogen) atoms. The first-order valence-electron chi connectivity index (χ1n) is 9.11. The standard InChI is InChI=1S/C19H12ClF2N7O4/c20-10-5-12(22)11(21)4-9(10)17(30)25-15-6-14(27-28-15)18(31)24-7-8-1-2-23-13(3-8)16-26-19(32)33-29-16/h1-6H,7H2,(H,24,31)(H,26,29,32)(H2,25,27,28,30). The van der Waals surface area contributed by atoms with Crippen LogP contribution in [0, 0.1) is 11.6 Å². The molecule has 0 fully saturated rings. The predicted molar refractivity (Wildman–Crippen MR) is 109 cm³/mol. The van der Waals surface area contributed by atoms with Gasteiger partial charge in [0.25, 0.3) is 11.8 Å². The summed E-state index contributed by atoms with van der Waals surface area (Å²) < 4.78 is 31.0. The summed E-state index contributed by atoms with van der Waals surface area (Å²) >= 11 is 5.78. The monoisotopic (exact) mass is 475 g/mol. The quantitative estimate of drug-likeness (QED) is 0.311. The van der Waals surface area contributed by atoms with Gasteiger partial charge >= 0.3 is 5.76 Å². The molecule has 3 aromatic heterocycles. The Balaban J connectivity index is 1.39. The van der Waals surface area contributed by atoms with E-state index >= 15 is 0 Å². The van der Waals surface area contributed by atoms with Crippen LogP contribution in [0.25, 0.3) is 11.5 Å². The van der Waals surface area contributed by atoms with Gasteiger partial charge in [-0.2, -0.15) is 5.10 Å². The van der Waals surface area contributed by atoms with E-state index in [0.29, 0.717) is 23.4 Å². The van der Waals surface area contributed by atoms with Crippen molar-refractivity contribution in [3.63, 3.8) is 0 Å². The van der Waals surface area contributed by atoms with E-state index in [4.69, 9.17) is 11.6 Å². The molecular weight excluding hydrogens is 464 g/mol. The van der Waals surface area contributed by atoms with Crippen LogP contribution in [0.15, 0.2) is 45.8 Å². The smallest absolute Gasteiger partial charge is 0.347 e. The molecule has 14 heteroatoms. The van der Waals surface area contributed by atoms with Gasteiger partial charge in [-0.25, -0.2) is 13.6 Å². The van der Waals surface area contributed by atoms with E-state index in [9.17, 15) is 23.2 Å². The normalized spacial score (nSPS) is 10.8. The van der Waals surface area contributed by atoms with Crippen LogP contribution in [0.1, 0.15) is 26.4 Å². The predicted octanol–water partition coefficient (Wildman–Crippen LogP) is 2.26. The number of amides is 2. The number of carbonyl (C=O) groups is 2. The largest absolute Gasteiger partial charge is 0.439 e. The summed E-state index contributed by atoms with van der Waals surface area (Å²) in [6, 6.07) is 5.83. The van der Waals surface area contributed by atoms with Crippen molar-refractivity contribution in [1.82, 2.24) is 30.6 Å². The molecule has 3 heterocycles. The number of carbonyl (C=O) groups excluding carboxylic acids is 2. The number of benzene rings is 1. The van der Waals surface area contributed by atoms with Crippen LogP contribution in [-0.4, -0.2) is 37.1 Å². The number of nitrogens with zero attached hydrogens (tertiary/aromatic N) is 3.